The molecule has 4 heteroatoms. The van der Waals surface area contributed by atoms with Crippen molar-refractivity contribution in [2.45, 2.75) is 46.0 Å². The lowest BCUT2D eigenvalue weighted by molar-refractivity contribution is -0.155. The monoisotopic (exact) mass is 252 g/mol. The van der Waals surface area contributed by atoms with Gasteiger partial charge in [-0.1, -0.05) is 6.08 Å². The molecule has 3 atom stereocenters. The van der Waals surface area contributed by atoms with Crippen molar-refractivity contribution in [2.24, 2.45) is 11.3 Å². The standard InChI is InChI=1S/C14H20O4/c1-9(15)14(4)6-5-10(16)7-11(14)12-8-17-13(2,3)18-12/h5-6,11-12H,7-8H2,1-4H3/t11-,12+,14-/m0/s1. The Morgan fingerprint density at radius 2 is 2.06 bits per heavy atom. The number of carbonyl (C=O) groups excluding carboxylic acids is 2. The second kappa shape index (κ2) is 4.28. The molecule has 1 aliphatic carbocycles. The molecular formula is C14H20O4. The highest BCUT2D eigenvalue weighted by atomic mass is 16.7. The Hall–Kier alpha value is -1.00. The van der Waals surface area contributed by atoms with Crippen LogP contribution in [0.1, 0.15) is 34.1 Å². The molecule has 0 N–H and O–H groups in total. The number of ether oxygens (including phenoxy) is 2. The zero-order valence-electron chi connectivity index (χ0n) is 11.4. The van der Waals surface area contributed by atoms with E-state index in [1.54, 1.807) is 13.0 Å². The summed E-state index contributed by atoms with van der Waals surface area (Å²) in [6, 6.07) is 0. The normalized spacial score (nSPS) is 39.0. The predicted octanol–water partition coefficient (Wildman–Crippen LogP) is 1.88. The smallest absolute Gasteiger partial charge is 0.163 e. The van der Waals surface area contributed by atoms with Crippen molar-refractivity contribution < 1.29 is 19.1 Å². The van der Waals surface area contributed by atoms with Crippen LogP contribution in [0.25, 0.3) is 0 Å². The third kappa shape index (κ3) is 2.27. The Balaban J connectivity index is 2.27. The number of rotatable bonds is 2. The maximum Gasteiger partial charge on any atom is 0.163 e. The summed E-state index contributed by atoms with van der Waals surface area (Å²) >= 11 is 0. The van der Waals surface area contributed by atoms with Gasteiger partial charge in [0.05, 0.1) is 12.7 Å². The molecule has 1 saturated heterocycles. The molecule has 0 aromatic carbocycles. The number of hydrogen-bond acceptors (Lipinski definition) is 4. The average Bonchev–Trinajstić information content (AvgIpc) is 2.62. The van der Waals surface area contributed by atoms with E-state index in [4.69, 9.17) is 9.47 Å². The molecular weight excluding hydrogens is 232 g/mol. The molecule has 1 heterocycles. The summed E-state index contributed by atoms with van der Waals surface area (Å²) < 4.78 is 11.4. The van der Waals surface area contributed by atoms with E-state index in [2.05, 4.69) is 0 Å². The largest absolute Gasteiger partial charge is 0.348 e. The Morgan fingerprint density at radius 3 is 2.56 bits per heavy atom. The molecule has 4 nitrogen and oxygen atoms in total. The van der Waals surface area contributed by atoms with Gasteiger partial charge in [0.1, 0.15) is 5.78 Å². The van der Waals surface area contributed by atoms with E-state index in [-0.39, 0.29) is 23.6 Å². The van der Waals surface area contributed by atoms with E-state index in [1.165, 1.54) is 6.08 Å². The Bertz CT molecular complexity index is 410. The van der Waals surface area contributed by atoms with Gasteiger partial charge in [0, 0.05) is 17.8 Å². The maximum absolute atomic E-state index is 11.9. The molecule has 2 aliphatic rings. The molecule has 2 rings (SSSR count). The second-order valence-electron chi connectivity index (χ2n) is 5.82. The fraction of sp³-hybridized carbons (Fsp3) is 0.714. The first-order valence-electron chi connectivity index (χ1n) is 6.29. The van der Waals surface area contributed by atoms with Crippen molar-refractivity contribution in [1.29, 1.82) is 0 Å². The van der Waals surface area contributed by atoms with E-state index >= 15 is 0 Å². The minimum atomic E-state index is -0.637. The van der Waals surface area contributed by atoms with Gasteiger partial charge in [0.25, 0.3) is 0 Å². The third-order valence-corrected chi connectivity index (χ3v) is 4.04. The second-order valence-corrected chi connectivity index (χ2v) is 5.82. The van der Waals surface area contributed by atoms with Gasteiger partial charge in [-0.25, -0.2) is 0 Å². The highest BCUT2D eigenvalue weighted by Gasteiger charge is 2.48. The van der Waals surface area contributed by atoms with Crippen LogP contribution in [-0.2, 0) is 19.1 Å². The summed E-state index contributed by atoms with van der Waals surface area (Å²) in [5.41, 5.74) is -0.637. The zero-order chi connectivity index (χ0) is 13.6. The molecule has 0 bridgehead atoms. The summed E-state index contributed by atoms with van der Waals surface area (Å²) in [6.45, 7) is 7.56. The zero-order valence-corrected chi connectivity index (χ0v) is 11.4. The molecule has 0 radical (unpaired) electrons. The van der Waals surface area contributed by atoms with Crippen molar-refractivity contribution in [1.82, 2.24) is 0 Å². The quantitative estimate of drug-likeness (QED) is 0.753. The van der Waals surface area contributed by atoms with Crippen LogP contribution in [0.2, 0.25) is 0 Å². The van der Waals surface area contributed by atoms with E-state index in [9.17, 15) is 9.59 Å². The minimum Gasteiger partial charge on any atom is -0.348 e. The Morgan fingerprint density at radius 1 is 1.39 bits per heavy atom. The van der Waals surface area contributed by atoms with Crippen molar-refractivity contribution >= 4 is 11.6 Å². The highest BCUT2D eigenvalue weighted by Crippen LogP contribution is 2.42. The topological polar surface area (TPSA) is 52.6 Å². The lowest BCUT2D eigenvalue weighted by Gasteiger charge is -2.38. The number of carbonyl (C=O) groups is 2. The van der Waals surface area contributed by atoms with Gasteiger partial charge in [-0.3, -0.25) is 9.59 Å². The lowest BCUT2D eigenvalue weighted by Crippen LogP contribution is -2.44. The SMILES string of the molecule is CC(=O)[C@]1(C)C=CC(=O)C[C@H]1[C@H]1COC(C)(C)O1. The summed E-state index contributed by atoms with van der Waals surface area (Å²) in [6.07, 6.45) is 3.37. The van der Waals surface area contributed by atoms with E-state index in [0.717, 1.165) is 0 Å². The van der Waals surface area contributed by atoms with Gasteiger partial charge in [-0.05, 0) is 33.8 Å². The minimum absolute atomic E-state index is 0.0482. The van der Waals surface area contributed by atoms with Crippen LogP contribution in [0.5, 0.6) is 0 Å². The van der Waals surface area contributed by atoms with Crippen LogP contribution < -0.4 is 0 Å². The van der Waals surface area contributed by atoms with Gasteiger partial charge in [0.15, 0.2) is 11.6 Å². The summed E-state index contributed by atoms with van der Waals surface area (Å²) in [5.74, 6) is -0.669. The van der Waals surface area contributed by atoms with E-state index < -0.39 is 11.2 Å². The maximum atomic E-state index is 11.9. The first-order chi connectivity index (χ1) is 8.24. The fourth-order valence-electron chi connectivity index (χ4n) is 2.70. The summed E-state index contributed by atoms with van der Waals surface area (Å²) in [7, 11) is 0. The molecule has 1 aliphatic heterocycles. The van der Waals surface area contributed by atoms with Crippen molar-refractivity contribution in [3.8, 4) is 0 Å². The van der Waals surface area contributed by atoms with Crippen molar-refractivity contribution in [3.05, 3.63) is 12.2 Å². The first-order valence-corrected chi connectivity index (χ1v) is 6.29. The number of ketones is 2. The van der Waals surface area contributed by atoms with Crippen LogP contribution in [0, 0.1) is 11.3 Å². The molecule has 100 valence electrons. The van der Waals surface area contributed by atoms with Gasteiger partial charge >= 0.3 is 0 Å². The van der Waals surface area contributed by atoms with Crippen LogP contribution in [0.15, 0.2) is 12.2 Å². The van der Waals surface area contributed by atoms with Crippen LogP contribution in [0.3, 0.4) is 0 Å². The third-order valence-electron chi connectivity index (χ3n) is 4.04. The molecule has 0 amide bonds. The van der Waals surface area contributed by atoms with Crippen molar-refractivity contribution in [2.75, 3.05) is 6.61 Å². The fourth-order valence-corrected chi connectivity index (χ4v) is 2.70. The average molecular weight is 252 g/mol. The molecule has 0 unspecified atom stereocenters. The van der Waals surface area contributed by atoms with E-state index in [0.29, 0.717) is 13.0 Å². The molecule has 18 heavy (non-hydrogen) atoms. The number of hydrogen-bond donors (Lipinski definition) is 0. The first kappa shape index (κ1) is 13.4. The molecule has 0 spiro atoms. The molecule has 0 aromatic rings. The molecule has 1 fully saturated rings. The summed E-state index contributed by atoms with van der Waals surface area (Å²) in [5, 5.41) is 0. The lowest BCUT2D eigenvalue weighted by atomic mass is 9.66. The molecule has 0 saturated carbocycles. The predicted molar refractivity (Wildman–Crippen MR) is 65.9 cm³/mol. The van der Waals surface area contributed by atoms with Crippen LogP contribution in [-0.4, -0.2) is 30.1 Å². The highest BCUT2D eigenvalue weighted by molar-refractivity contribution is 5.95. The summed E-state index contributed by atoms with van der Waals surface area (Å²) in [4.78, 5) is 23.5. The van der Waals surface area contributed by atoms with E-state index in [1.807, 2.05) is 20.8 Å². The van der Waals surface area contributed by atoms with Crippen LogP contribution in [0.4, 0.5) is 0 Å². The van der Waals surface area contributed by atoms with Crippen LogP contribution >= 0.6 is 0 Å². The number of Topliss-reactive ketones (excluding diaryl/α,β-unsaturated/α-hetero) is 1. The van der Waals surface area contributed by atoms with Gasteiger partial charge < -0.3 is 9.47 Å². The molecule has 0 aromatic heterocycles. The number of allylic oxidation sites excluding steroid dienone is 2. The van der Waals surface area contributed by atoms with Gasteiger partial charge in [-0.15, -0.1) is 0 Å². The Labute approximate surface area is 107 Å². The Kier molecular flexibility index (Phi) is 3.19. The van der Waals surface area contributed by atoms with Gasteiger partial charge in [0.2, 0.25) is 0 Å². The van der Waals surface area contributed by atoms with Gasteiger partial charge in [-0.2, -0.15) is 0 Å². The van der Waals surface area contributed by atoms with Crippen molar-refractivity contribution in [3.63, 3.8) is 0 Å².